The van der Waals surface area contributed by atoms with Gasteiger partial charge in [0, 0.05) is 42.0 Å². The average molecular weight is 502 g/mol. The van der Waals surface area contributed by atoms with E-state index < -0.39 is 0 Å². The molecule has 36 heavy (non-hydrogen) atoms. The van der Waals surface area contributed by atoms with Crippen molar-refractivity contribution in [3.63, 3.8) is 0 Å². The molecule has 2 heterocycles. The number of hydrogen-bond donors (Lipinski definition) is 1. The fraction of sp³-hybridized carbons (Fsp3) is 0.259. The largest absolute Gasteiger partial charge is 0.383 e. The van der Waals surface area contributed by atoms with Gasteiger partial charge in [-0.1, -0.05) is 35.9 Å². The van der Waals surface area contributed by atoms with E-state index in [-0.39, 0.29) is 5.91 Å². The van der Waals surface area contributed by atoms with Gasteiger partial charge in [0.15, 0.2) is 5.65 Å². The van der Waals surface area contributed by atoms with E-state index in [1.165, 1.54) is 19.2 Å². The van der Waals surface area contributed by atoms with Crippen molar-refractivity contribution in [1.82, 2.24) is 24.6 Å². The molecule has 5 rings (SSSR count). The number of nitrogen functional groups attached to an aromatic ring is 1. The molecule has 8 nitrogen and oxygen atoms in total. The SMILES string of the molecule is Cc1ccc(-n2nc(-c3ccc(Cl)cc3)c3c(N)ncnc32)cc1N(C)C(=O)/C=C/CN(C)C1CC1. The van der Waals surface area contributed by atoms with E-state index in [0.717, 1.165) is 29.0 Å². The monoisotopic (exact) mass is 501 g/mol. The first-order chi connectivity index (χ1) is 17.3. The number of amides is 1. The minimum absolute atomic E-state index is 0.0850. The van der Waals surface area contributed by atoms with Crippen molar-refractivity contribution in [3.05, 3.63) is 71.5 Å². The molecule has 1 aliphatic carbocycles. The van der Waals surface area contributed by atoms with Crippen LogP contribution in [-0.4, -0.2) is 57.2 Å². The summed E-state index contributed by atoms with van der Waals surface area (Å²) in [5.41, 5.74) is 10.9. The normalized spacial score (nSPS) is 13.7. The summed E-state index contributed by atoms with van der Waals surface area (Å²) in [5, 5.41) is 6.15. The lowest BCUT2D eigenvalue weighted by Gasteiger charge is -2.19. The molecule has 2 aromatic heterocycles. The van der Waals surface area contributed by atoms with E-state index in [1.54, 1.807) is 22.7 Å². The Morgan fingerprint density at radius 2 is 1.92 bits per heavy atom. The van der Waals surface area contributed by atoms with Gasteiger partial charge in [-0.15, -0.1) is 0 Å². The van der Waals surface area contributed by atoms with Gasteiger partial charge in [-0.25, -0.2) is 14.6 Å². The number of benzene rings is 2. The quantitative estimate of drug-likeness (QED) is 0.371. The lowest BCUT2D eigenvalue weighted by atomic mass is 10.1. The maximum absolute atomic E-state index is 12.9. The molecule has 0 unspecified atom stereocenters. The van der Waals surface area contributed by atoms with Crippen LogP contribution in [-0.2, 0) is 4.79 Å². The number of carbonyl (C=O) groups is 1. The third kappa shape index (κ3) is 4.69. The molecule has 184 valence electrons. The number of likely N-dealkylation sites (N-methyl/N-ethyl adjacent to an activating group) is 2. The van der Waals surface area contributed by atoms with Crippen LogP contribution in [0, 0.1) is 6.92 Å². The molecule has 1 saturated carbocycles. The molecule has 4 aromatic rings. The van der Waals surface area contributed by atoms with Crippen molar-refractivity contribution in [2.45, 2.75) is 25.8 Å². The van der Waals surface area contributed by atoms with Crippen LogP contribution in [0.25, 0.3) is 28.0 Å². The number of aryl methyl sites for hydroxylation is 1. The second kappa shape index (κ2) is 9.72. The number of carbonyl (C=O) groups excluding carboxylic acids is 1. The maximum atomic E-state index is 12.9. The third-order valence-corrected chi connectivity index (χ3v) is 6.82. The van der Waals surface area contributed by atoms with Gasteiger partial charge in [0.25, 0.3) is 0 Å². The molecule has 2 N–H and O–H groups in total. The summed E-state index contributed by atoms with van der Waals surface area (Å²) in [6.07, 6.45) is 7.47. The summed E-state index contributed by atoms with van der Waals surface area (Å²) >= 11 is 6.09. The Morgan fingerprint density at radius 1 is 1.17 bits per heavy atom. The summed E-state index contributed by atoms with van der Waals surface area (Å²) in [5.74, 6) is 0.260. The van der Waals surface area contributed by atoms with E-state index in [9.17, 15) is 4.79 Å². The molecule has 1 amide bonds. The van der Waals surface area contributed by atoms with Crippen LogP contribution in [0.15, 0.2) is 60.9 Å². The highest BCUT2D eigenvalue weighted by atomic mass is 35.5. The Hall–Kier alpha value is -3.75. The molecule has 2 aromatic carbocycles. The summed E-state index contributed by atoms with van der Waals surface area (Å²) in [6, 6.07) is 13.9. The fourth-order valence-corrected chi connectivity index (χ4v) is 4.40. The summed E-state index contributed by atoms with van der Waals surface area (Å²) < 4.78 is 1.74. The number of nitrogens with two attached hydrogens (primary N) is 1. The smallest absolute Gasteiger partial charge is 0.250 e. The van der Waals surface area contributed by atoms with Crippen molar-refractivity contribution >= 4 is 40.0 Å². The minimum Gasteiger partial charge on any atom is -0.383 e. The number of fused-ring (bicyclic) bond motifs is 1. The molecular weight excluding hydrogens is 474 g/mol. The Labute approximate surface area is 215 Å². The highest BCUT2D eigenvalue weighted by Gasteiger charge is 2.25. The van der Waals surface area contributed by atoms with Gasteiger partial charge in [0.05, 0.1) is 11.1 Å². The molecule has 0 spiro atoms. The summed E-state index contributed by atoms with van der Waals surface area (Å²) in [6.45, 7) is 2.74. The molecule has 9 heteroatoms. The van der Waals surface area contributed by atoms with Crippen molar-refractivity contribution in [1.29, 1.82) is 0 Å². The first-order valence-corrected chi connectivity index (χ1v) is 12.2. The van der Waals surface area contributed by atoms with Crippen LogP contribution >= 0.6 is 11.6 Å². The van der Waals surface area contributed by atoms with Gasteiger partial charge >= 0.3 is 0 Å². The topological polar surface area (TPSA) is 93.2 Å². The van der Waals surface area contributed by atoms with Crippen LogP contribution in [0.3, 0.4) is 0 Å². The molecule has 1 fully saturated rings. The highest BCUT2D eigenvalue weighted by molar-refractivity contribution is 6.30. The van der Waals surface area contributed by atoms with E-state index in [2.05, 4.69) is 21.9 Å². The zero-order valence-electron chi connectivity index (χ0n) is 20.5. The summed E-state index contributed by atoms with van der Waals surface area (Å²) in [4.78, 5) is 25.5. The zero-order valence-corrected chi connectivity index (χ0v) is 21.3. The molecule has 0 atom stereocenters. The number of anilines is 2. The average Bonchev–Trinajstić information content (AvgIpc) is 3.65. The second-order valence-electron chi connectivity index (χ2n) is 9.17. The Morgan fingerprint density at radius 3 is 2.64 bits per heavy atom. The highest BCUT2D eigenvalue weighted by Crippen LogP contribution is 2.33. The number of hydrogen-bond acceptors (Lipinski definition) is 6. The number of rotatable bonds is 7. The number of aromatic nitrogens is 4. The fourth-order valence-electron chi connectivity index (χ4n) is 4.27. The predicted octanol–water partition coefficient (Wildman–Crippen LogP) is 4.64. The Kier molecular flexibility index (Phi) is 6.47. The molecule has 0 aliphatic heterocycles. The Balaban J connectivity index is 1.50. The predicted molar refractivity (Wildman–Crippen MR) is 144 cm³/mol. The van der Waals surface area contributed by atoms with Crippen LogP contribution in [0.5, 0.6) is 0 Å². The Bertz CT molecular complexity index is 1460. The maximum Gasteiger partial charge on any atom is 0.250 e. The number of nitrogens with zero attached hydrogens (tertiary/aromatic N) is 6. The molecule has 0 radical (unpaired) electrons. The lowest BCUT2D eigenvalue weighted by molar-refractivity contribution is -0.113. The van der Waals surface area contributed by atoms with Crippen LogP contribution in [0.4, 0.5) is 11.5 Å². The first kappa shape index (κ1) is 24.0. The van der Waals surface area contributed by atoms with Gasteiger partial charge in [-0.3, -0.25) is 9.69 Å². The van der Waals surface area contributed by atoms with Crippen LogP contribution < -0.4 is 10.6 Å². The van der Waals surface area contributed by atoms with Gasteiger partial charge in [0.1, 0.15) is 17.8 Å². The van der Waals surface area contributed by atoms with Gasteiger partial charge in [-0.2, -0.15) is 5.10 Å². The van der Waals surface area contributed by atoms with Gasteiger partial charge < -0.3 is 10.6 Å². The van der Waals surface area contributed by atoms with Crippen LogP contribution in [0.1, 0.15) is 18.4 Å². The molecular formula is C27H28ClN7O. The molecule has 0 bridgehead atoms. The van der Waals surface area contributed by atoms with Crippen molar-refractivity contribution < 1.29 is 4.79 Å². The van der Waals surface area contributed by atoms with E-state index in [4.69, 9.17) is 22.4 Å². The van der Waals surface area contributed by atoms with Crippen LogP contribution in [0.2, 0.25) is 5.02 Å². The van der Waals surface area contributed by atoms with Crippen molar-refractivity contribution in [3.8, 4) is 16.9 Å². The van der Waals surface area contributed by atoms with Gasteiger partial charge in [0.2, 0.25) is 5.91 Å². The first-order valence-electron chi connectivity index (χ1n) is 11.8. The van der Waals surface area contributed by atoms with E-state index in [0.29, 0.717) is 33.6 Å². The van der Waals surface area contributed by atoms with E-state index >= 15 is 0 Å². The molecule has 0 saturated heterocycles. The number of halogens is 1. The standard InChI is InChI=1S/C27H28ClN7O/c1-17-6-11-21(15-22(17)34(3)23(36)5-4-14-33(2)20-12-13-20)35-27-24(26(29)30-16-31-27)25(32-35)18-7-9-19(28)10-8-18/h4-11,15-16,20H,12-14H2,1-3H3,(H2,29,30,31)/b5-4+. The third-order valence-electron chi connectivity index (χ3n) is 6.56. The van der Waals surface area contributed by atoms with Crippen molar-refractivity contribution in [2.24, 2.45) is 0 Å². The lowest BCUT2D eigenvalue weighted by Crippen LogP contribution is -2.26. The van der Waals surface area contributed by atoms with E-state index in [1.807, 2.05) is 55.5 Å². The van der Waals surface area contributed by atoms with Gasteiger partial charge in [-0.05, 0) is 56.6 Å². The molecule has 1 aliphatic rings. The minimum atomic E-state index is -0.0850. The zero-order chi connectivity index (χ0) is 25.4. The summed E-state index contributed by atoms with van der Waals surface area (Å²) in [7, 11) is 3.87. The second-order valence-corrected chi connectivity index (χ2v) is 9.60. The van der Waals surface area contributed by atoms with Crippen molar-refractivity contribution in [2.75, 3.05) is 31.3 Å².